The number of aryl methyl sites for hydroxylation is 1. The van der Waals surface area contributed by atoms with Gasteiger partial charge in [0.05, 0.1) is 17.3 Å². The van der Waals surface area contributed by atoms with E-state index in [1.807, 2.05) is 49.4 Å². The molecule has 5 rings (SSSR count). The second-order valence-electron chi connectivity index (χ2n) is 8.27. The van der Waals surface area contributed by atoms with Gasteiger partial charge in [0.15, 0.2) is 0 Å². The minimum atomic E-state index is -0.338. The van der Waals surface area contributed by atoms with Crippen LogP contribution in [0.25, 0.3) is 22.0 Å². The van der Waals surface area contributed by atoms with Crippen LogP contribution in [0.15, 0.2) is 71.8 Å². The van der Waals surface area contributed by atoms with Crippen molar-refractivity contribution < 1.29 is 4.79 Å². The highest BCUT2D eigenvalue weighted by molar-refractivity contribution is 6.35. The molecule has 1 aliphatic heterocycles. The number of carbonyl (C=O) groups is 1. The summed E-state index contributed by atoms with van der Waals surface area (Å²) < 4.78 is 0. The van der Waals surface area contributed by atoms with Crippen LogP contribution >= 0.6 is 34.8 Å². The van der Waals surface area contributed by atoms with Crippen molar-refractivity contribution in [1.29, 1.82) is 0 Å². The maximum absolute atomic E-state index is 12.6. The van der Waals surface area contributed by atoms with E-state index in [0.29, 0.717) is 21.5 Å². The minimum absolute atomic E-state index is 0.165. The molecule has 0 unspecified atom stereocenters. The number of aromatic nitrogens is 1. The fraction of sp³-hybridized carbons (Fsp3) is 0.148. The van der Waals surface area contributed by atoms with Gasteiger partial charge in [-0.2, -0.15) is 5.10 Å². The van der Waals surface area contributed by atoms with Gasteiger partial charge in [-0.3, -0.25) is 9.78 Å². The molecule has 34 heavy (non-hydrogen) atoms. The van der Waals surface area contributed by atoms with Crippen LogP contribution in [-0.4, -0.2) is 21.6 Å². The largest absolute Gasteiger partial charge is 0.273 e. The van der Waals surface area contributed by atoms with Gasteiger partial charge in [0.1, 0.15) is 0 Å². The van der Waals surface area contributed by atoms with Crippen molar-refractivity contribution in [2.24, 2.45) is 5.10 Å². The van der Waals surface area contributed by atoms with E-state index < -0.39 is 0 Å². The Morgan fingerprint density at radius 3 is 2.35 bits per heavy atom. The van der Waals surface area contributed by atoms with Gasteiger partial charge in [-0.1, -0.05) is 71.2 Å². The van der Waals surface area contributed by atoms with Crippen LogP contribution < -0.4 is 0 Å². The molecule has 2 heterocycles. The van der Waals surface area contributed by atoms with Crippen molar-refractivity contribution in [3.8, 4) is 11.1 Å². The number of benzene rings is 3. The highest BCUT2D eigenvalue weighted by Crippen LogP contribution is 2.41. The average molecular weight is 509 g/mol. The van der Waals surface area contributed by atoms with Crippen LogP contribution in [0.2, 0.25) is 15.1 Å². The summed E-state index contributed by atoms with van der Waals surface area (Å²) in [5.74, 6) is -0.165. The van der Waals surface area contributed by atoms with Crippen LogP contribution in [0.1, 0.15) is 36.2 Å². The smallest absolute Gasteiger partial charge is 0.240 e. The Labute approximate surface area is 212 Å². The summed E-state index contributed by atoms with van der Waals surface area (Å²) >= 11 is 19.0. The van der Waals surface area contributed by atoms with E-state index in [2.05, 4.69) is 12.1 Å². The molecule has 1 aromatic heterocycles. The number of hydrogen-bond acceptors (Lipinski definition) is 3. The van der Waals surface area contributed by atoms with Crippen molar-refractivity contribution in [3.05, 3.63) is 98.6 Å². The molecule has 1 amide bonds. The number of rotatable bonds is 3. The fourth-order valence-corrected chi connectivity index (χ4v) is 5.29. The second-order valence-corrected chi connectivity index (χ2v) is 9.55. The third kappa shape index (κ3) is 4.07. The van der Waals surface area contributed by atoms with Gasteiger partial charge in [-0.15, -0.1) is 0 Å². The van der Waals surface area contributed by atoms with Crippen LogP contribution in [0, 0.1) is 6.92 Å². The fourth-order valence-electron chi connectivity index (χ4n) is 4.58. The van der Waals surface area contributed by atoms with Crippen molar-refractivity contribution in [2.75, 3.05) is 0 Å². The SMILES string of the molecule is CC(=O)N1N=C(c2c(C)nc3ccc(Cl)cc3c2-c2ccccc2)C[C@@H]1c1ccc(Cl)cc1Cl. The number of hydrazone groups is 1. The van der Waals surface area contributed by atoms with Crippen LogP contribution in [0.3, 0.4) is 0 Å². The Hall–Kier alpha value is -2.92. The molecule has 4 nitrogen and oxygen atoms in total. The molecular formula is C27H20Cl3N3O. The van der Waals surface area contributed by atoms with E-state index in [0.717, 1.165) is 44.6 Å². The molecule has 0 saturated carbocycles. The molecule has 0 radical (unpaired) electrons. The number of amides is 1. The first kappa shape index (κ1) is 22.9. The Balaban J connectivity index is 1.73. The summed E-state index contributed by atoms with van der Waals surface area (Å²) in [6, 6.07) is 20.8. The Kier molecular flexibility index (Phi) is 6.07. The predicted molar refractivity (Wildman–Crippen MR) is 140 cm³/mol. The standard InChI is InChI=1S/C27H20Cl3N3O/c1-15-26(24-14-25(33(32-24)16(2)34)20-10-8-19(29)13-22(20)30)27(17-6-4-3-5-7-17)21-12-18(28)9-11-23(21)31-15/h3-13,25H,14H2,1-2H3/t25-/m1/s1. The van der Waals surface area contributed by atoms with E-state index in [9.17, 15) is 4.79 Å². The highest BCUT2D eigenvalue weighted by Gasteiger charge is 2.34. The molecule has 1 aliphatic rings. The first-order chi connectivity index (χ1) is 16.3. The lowest BCUT2D eigenvalue weighted by atomic mass is 9.89. The Morgan fingerprint density at radius 2 is 1.65 bits per heavy atom. The van der Waals surface area contributed by atoms with Gasteiger partial charge in [0, 0.05) is 50.6 Å². The molecule has 1 atom stereocenters. The molecule has 3 aromatic carbocycles. The third-order valence-corrected chi connectivity index (χ3v) is 6.83. The molecule has 7 heteroatoms. The lowest BCUT2D eigenvalue weighted by molar-refractivity contribution is -0.130. The van der Waals surface area contributed by atoms with Crippen molar-refractivity contribution in [3.63, 3.8) is 0 Å². The lowest BCUT2D eigenvalue weighted by Gasteiger charge is -2.21. The number of hydrogen-bond donors (Lipinski definition) is 0. The molecule has 0 bridgehead atoms. The summed E-state index contributed by atoms with van der Waals surface area (Å²) in [6.45, 7) is 3.48. The molecule has 4 aromatic rings. The summed E-state index contributed by atoms with van der Waals surface area (Å²) in [4.78, 5) is 17.5. The van der Waals surface area contributed by atoms with Crippen LogP contribution in [0.4, 0.5) is 0 Å². The Bertz CT molecular complexity index is 1470. The van der Waals surface area contributed by atoms with Gasteiger partial charge < -0.3 is 0 Å². The molecule has 0 N–H and O–H groups in total. The molecular weight excluding hydrogens is 489 g/mol. The quantitative estimate of drug-likeness (QED) is 0.283. The number of carbonyl (C=O) groups excluding carboxylic acids is 1. The number of pyridine rings is 1. The van der Waals surface area contributed by atoms with E-state index in [4.69, 9.17) is 44.9 Å². The van der Waals surface area contributed by atoms with Crippen molar-refractivity contribution in [2.45, 2.75) is 26.3 Å². The van der Waals surface area contributed by atoms with Crippen LogP contribution in [-0.2, 0) is 4.79 Å². The summed E-state index contributed by atoms with van der Waals surface area (Å²) in [7, 11) is 0. The normalized spacial score (nSPS) is 15.6. The first-order valence-corrected chi connectivity index (χ1v) is 11.9. The zero-order valence-corrected chi connectivity index (χ0v) is 20.8. The molecule has 0 aliphatic carbocycles. The van der Waals surface area contributed by atoms with Gasteiger partial charge in [-0.25, -0.2) is 5.01 Å². The topological polar surface area (TPSA) is 45.6 Å². The highest BCUT2D eigenvalue weighted by atomic mass is 35.5. The van der Waals surface area contributed by atoms with E-state index in [1.54, 1.807) is 12.1 Å². The molecule has 0 spiro atoms. The van der Waals surface area contributed by atoms with Gasteiger partial charge in [0.2, 0.25) is 5.91 Å². The van der Waals surface area contributed by atoms with E-state index >= 15 is 0 Å². The summed E-state index contributed by atoms with van der Waals surface area (Å²) in [6.07, 6.45) is 0.495. The maximum Gasteiger partial charge on any atom is 0.240 e. The van der Waals surface area contributed by atoms with Crippen molar-refractivity contribution >= 4 is 57.3 Å². The lowest BCUT2D eigenvalue weighted by Crippen LogP contribution is -2.24. The predicted octanol–water partition coefficient (Wildman–Crippen LogP) is 7.87. The number of nitrogens with zero attached hydrogens (tertiary/aromatic N) is 3. The molecule has 0 saturated heterocycles. The molecule has 0 fully saturated rings. The van der Waals surface area contributed by atoms with Gasteiger partial charge in [-0.05, 0) is 48.4 Å². The summed E-state index contributed by atoms with van der Waals surface area (Å²) in [5, 5.41) is 8.90. The maximum atomic E-state index is 12.6. The minimum Gasteiger partial charge on any atom is -0.273 e. The van der Waals surface area contributed by atoms with Crippen molar-refractivity contribution in [1.82, 2.24) is 9.99 Å². The first-order valence-electron chi connectivity index (χ1n) is 10.8. The van der Waals surface area contributed by atoms with E-state index in [-0.39, 0.29) is 11.9 Å². The number of halogens is 3. The summed E-state index contributed by atoms with van der Waals surface area (Å²) in [5.41, 5.74) is 6.19. The molecule has 170 valence electrons. The average Bonchev–Trinajstić information content (AvgIpc) is 3.24. The Morgan fingerprint density at radius 1 is 0.941 bits per heavy atom. The van der Waals surface area contributed by atoms with Gasteiger partial charge >= 0.3 is 0 Å². The number of fused-ring (bicyclic) bond motifs is 1. The zero-order chi connectivity index (χ0) is 24.0. The van der Waals surface area contributed by atoms with E-state index in [1.165, 1.54) is 11.9 Å². The third-order valence-electron chi connectivity index (χ3n) is 6.03. The monoisotopic (exact) mass is 507 g/mol. The zero-order valence-electron chi connectivity index (χ0n) is 18.5. The van der Waals surface area contributed by atoms with Crippen LogP contribution in [0.5, 0.6) is 0 Å². The van der Waals surface area contributed by atoms with Gasteiger partial charge in [0.25, 0.3) is 0 Å². The second kappa shape index (κ2) is 9.03.